The molecule has 0 aliphatic rings. The molecule has 0 aliphatic heterocycles. The number of aryl methyl sites for hydroxylation is 2. The first-order chi connectivity index (χ1) is 20.8. The van der Waals surface area contributed by atoms with Gasteiger partial charge in [0.1, 0.15) is 5.75 Å². The topological polar surface area (TPSA) is 105 Å². The number of aromatic nitrogens is 1. The number of halogens is 1. The molecule has 5 rings (SSSR count). The summed E-state index contributed by atoms with van der Waals surface area (Å²) >= 11 is 7.86. The van der Waals surface area contributed by atoms with Crippen molar-refractivity contribution < 1.29 is 14.3 Å². The molecule has 1 aromatic heterocycles. The number of hydrazone groups is 1. The van der Waals surface area contributed by atoms with Gasteiger partial charge in [-0.1, -0.05) is 59.6 Å². The van der Waals surface area contributed by atoms with Crippen LogP contribution in [-0.2, 0) is 4.79 Å². The summed E-state index contributed by atoms with van der Waals surface area (Å²) in [5.41, 5.74) is 9.15. The lowest BCUT2D eigenvalue weighted by Crippen LogP contribution is -2.20. The Labute approximate surface area is 258 Å². The molecular weight excluding hydrogens is 582 g/mol. The quantitative estimate of drug-likeness (QED) is 0.112. The van der Waals surface area contributed by atoms with Crippen molar-refractivity contribution >= 4 is 57.5 Å². The molecule has 0 aliphatic carbocycles. The standard InChI is InChI=1S/C33H28ClN5O3S/c1-21-8-14-28(22(2)16-21)37-31(40)19-42-30-15-9-23(17-27(30)34)18-35-39-32(41)25-12-10-24(11-13-25)29-20-43-33(38-29)36-26-6-4-3-5-7-26/h3-18,20H,19H2,1-2H3,(H,36,38)(H,37,40)(H,39,41)/b35-18+. The predicted molar refractivity (Wildman–Crippen MR) is 174 cm³/mol. The number of hydrogen-bond donors (Lipinski definition) is 3. The number of carbonyl (C=O) groups is 2. The molecule has 3 N–H and O–H groups in total. The second-order valence-corrected chi connectivity index (χ2v) is 10.9. The number of hydrogen-bond acceptors (Lipinski definition) is 7. The van der Waals surface area contributed by atoms with E-state index in [4.69, 9.17) is 16.3 Å². The maximum absolute atomic E-state index is 12.6. The fourth-order valence-electron chi connectivity index (χ4n) is 4.13. The van der Waals surface area contributed by atoms with Crippen LogP contribution in [0.2, 0.25) is 5.02 Å². The number of nitrogens with zero attached hydrogens (tertiary/aromatic N) is 2. The number of amides is 2. The lowest BCUT2D eigenvalue weighted by Gasteiger charge is -2.11. The van der Waals surface area contributed by atoms with Gasteiger partial charge in [0, 0.05) is 27.9 Å². The summed E-state index contributed by atoms with van der Waals surface area (Å²) < 4.78 is 5.59. The summed E-state index contributed by atoms with van der Waals surface area (Å²) in [5.74, 6) is -0.281. The highest BCUT2D eigenvalue weighted by Gasteiger charge is 2.10. The number of ether oxygens (including phenoxy) is 1. The molecule has 216 valence electrons. The number of anilines is 3. The van der Waals surface area contributed by atoms with Crippen LogP contribution in [0.4, 0.5) is 16.5 Å². The Morgan fingerprint density at radius 2 is 1.77 bits per heavy atom. The van der Waals surface area contributed by atoms with Gasteiger partial charge in [-0.3, -0.25) is 9.59 Å². The largest absolute Gasteiger partial charge is 0.482 e. The minimum atomic E-state index is -0.353. The van der Waals surface area contributed by atoms with E-state index in [0.29, 0.717) is 21.9 Å². The first-order valence-corrected chi connectivity index (χ1v) is 14.6. The van der Waals surface area contributed by atoms with Crippen LogP contribution in [0.25, 0.3) is 11.3 Å². The monoisotopic (exact) mass is 609 g/mol. The van der Waals surface area contributed by atoms with Crippen molar-refractivity contribution in [3.05, 3.63) is 124 Å². The normalized spacial score (nSPS) is 10.9. The van der Waals surface area contributed by atoms with E-state index in [0.717, 1.165) is 38.9 Å². The molecule has 0 unspecified atom stereocenters. The van der Waals surface area contributed by atoms with Crippen LogP contribution >= 0.6 is 22.9 Å². The SMILES string of the molecule is Cc1ccc(NC(=O)COc2ccc(/C=N/NC(=O)c3ccc(-c4csc(Nc5ccccc5)n4)cc3)cc2Cl)c(C)c1. The van der Waals surface area contributed by atoms with Crippen LogP contribution in [-0.4, -0.2) is 29.6 Å². The van der Waals surface area contributed by atoms with Gasteiger partial charge < -0.3 is 15.4 Å². The zero-order valence-corrected chi connectivity index (χ0v) is 25.0. The van der Waals surface area contributed by atoms with Crippen LogP contribution in [0.5, 0.6) is 5.75 Å². The van der Waals surface area contributed by atoms with E-state index in [2.05, 4.69) is 26.1 Å². The second-order valence-electron chi connectivity index (χ2n) is 9.65. The average molecular weight is 610 g/mol. The van der Waals surface area contributed by atoms with Crippen molar-refractivity contribution in [3.8, 4) is 17.0 Å². The van der Waals surface area contributed by atoms with Gasteiger partial charge in [-0.15, -0.1) is 11.3 Å². The van der Waals surface area contributed by atoms with Crippen molar-refractivity contribution in [2.75, 3.05) is 17.2 Å². The van der Waals surface area contributed by atoms with Gasteiger partial charge in [-0.25, -0.2) is 10.4 Å². The lowest BCUT2D eigenvalue weighted by atomic mass is 10.1. The fourth-order valence-corrected chi connectivity index (χ4v) is 5.11. The van der Waals surface area contributed by atoms with Crippen molar-refractivity contribution in [1.29, 1.82) is 0 Å². The summed E-state index contributed by atoms with van der Waals surface area (Å²) in [7, 11) is 0. The van der Waals surface area contributed by atoms with E-state index in [1.54, 1.807) is 30.3 Å². The number of para-hydroxylation sites is 1. The summed E-state index contributed by atoms with van der Waals surface area (Å²) in [6.45, 7) is 3.74. The maximum atomic E-state index is 12.6. The molecule has 0 saturated heterocycles. The molecule has 0 fully saturated rings. The van der Waals surface area contributed by atoms with E-state index >= 15 is 0 Å². The van der Waals surface area contributed by atoms with Crippen LogP contribution < -0.4 is 20.8 Å². The van der Waals surface area contributed by atoms with Gasteiger partial charge in [0.2, 0.25) is 0 Å². The van der Waals surface area contributed by atoms with Gasteiger partial charge >= 0.3 is 0 Å². The number of rotatable bonds is 10. The lowest BCUT2D eigenvalue weighted by molar-refractivity contribution is -0.118. The van der Waals surface area contributed by atoms with E-state index < -0.39 is 0 Å². The highest BCUT2D eigenvalue weighted by atomic mass is 35.5. The molecule has 0 bridgehead atoms. The Morgan fingerprint density at radius 1 is 0.977 bits per heavy atom. The van der Waals surface area contributed by atoms with Crippen molar-refractivity contribution in [3.63, 3.8) is 0 Å². The third-order valence-corrected chi connectivity index (χ3v) is 7.38. The van der Waals surface area contributed by atoms with Gasteiger partial charge in [0.15, 0.2) is 11.7 Å². The van der Waals surface area contributed by atoms with Crippen LogP contribution in [0.1, 0.15) is 27.0 Å². The molecular formula is C33H28ClN5O3S. The zero-order chi connectivity index (χ0) is 30.2. The third kappa shape index (κ3) is 8.06. The molecule has 5 aromatic rings. The molecule has 10 heteroatoms. The Morgan fingerprint density at radius 3 is 2.51 bits per heavy atom. The summed E-state index contributed by atoms with van der Waals surface area (Å²) in [6.07, 6.45) is 1.48. The highest BCUT2D eigenvalue weighted by Crippen LogP contribution is 2.28. The smallest absolute Gasteiger partial charge is 0.271 e. The van der Waals surface area contributed by atoms with Gasteiger partial charge in [-0.2, -0.15) is 5.10 Å². The molecule has 1 heterocycles. The van der Waals surface area contributed by atoms with E-state index in [-0.39, 0.29) is 18.4 Å². The van der Waals surface area contributed by atoms with Gasteiger partial charge in [0.25, 0.3) is 11.8 Å². The van der Waals surface area contributed by atoms with Crippen molar-refractivity contribution in [1.82, 2.24) is 10.4 Å². The Hall–Kier alpha value is -4.99. The van der Waals surface area contributed by atoms with E-state index in [9.17, 15) is 9.59 Å². The van der Waals surface area contributed by atoms with Crippen molar-refractivity contribution in [2.45, 2.75) is 13.8 Å². The molecule has 0 atom stereocenters. The molecule has 8 nitrogen and oxygen atoms in total. The summed E-state index contributed by atoms with van der Waals surface area (Å²) in [5, 5.41) is 13.2. The summed E-state index contributed by atoms with van der Waals surface area (Å²) in [6, 6.07) is 27.8. The first-order valence-electron chi connectivity index (χ1n) is 13.3. The Bertz CT molecular complexity index is 1770. The van der Waals surface area contributed by atoms with E-state index in [1.165, 1.54) is 17.6 Å². The Kier molecular flexibility index (Phi) is 9.46. The van der Waals surface area contributed by atoms with Gasteiger partial charge in [-0.05, 0) is 73.5 Å². The molecule has 2 amide bonds. The molecule has 4 aromatic carbocycles. The molecule has 0 radical (unpaired) electrons. The predicted octanol–water partition coefficient (Wildman–Crippen LogP) is 7.61. The molecule has 0 spiro atoms. The number of carbonyl (C=O) groups excluding carboxylic acids is 2. The number of thiazole rings is 1. The number of nitrogens with one attached hydrogen (secondary N) is 3. The molecule has 0 saturated carbocycles. The number of benzene rings is 4. The van der Waals surface area contributed by atoms with Gasteiger partial charge in [0.05, 0.1) is 16.9 Å². The van der Waals surface area contributed by atoms with Crippen LogP contribution in [0.3, 0.4) is 0 Å². The van der Waals surface area contributed by atoms with Crippen LogP contribution in [0, 0.1) is 13.8 Å². The fraction of sp³-hybridized carbons (Fsp3) is 0.0909. The molecule has 43 heavy (non-hydrogen) atoms. The van der Waals surface area contributed by atoms with Crippen LogP contribution in [0.15, 0.2) is 101 Å². The zero-order valence-electron chi connectivity index (χ0n) is 23.4. The first kappa shape index (κ1) is 29.5. The summed E-state index contributed by atoms with van der Waals surface area (Å²) in [4.78, 5) is 29.6. The Balaban J connectivity index is 1.11. The van der Waals surface area contributed by atoms with E-state index in [1.807, 2.05) is 79.9 Å². The third-order valence-electron chi connectivity index (χ3n) is 6.32. The second kappa shape index (κ2) is 13.8. The van der Waals surface area contributed by atoms with Crippen molar-refractivity contribution in [2.24, 2.45) is 5.10 Å². The maximum Gasteiger partial charge on any atom is 0.271 e. The minimum absolute atomic E-state index is 0.191. The average Bonchev–Trinajstić information content (AvgIpc) is 3.47. The highest BCUT2D eigenvalue weighted by molar-refractivity contribution is 7.14. The minimum Gasteiger partial charge on any atom is -0.482 e.